The van der Waals surface area contributed by atoms with Crippen LogP contribution in [0.5, 0.6) is 23.0 Å². The number of fused-ring (bicyclic) bond motifs is 5. The number of oxazole rings is 1. The molecule has 420 valence electrons. The summed E-state index contributed by atoms with van der Waals surface area (Å²) in [6, 6.07) is 74.0. The first-order chi connectivity index (χ1) is 41.6. The first kappa shape index (κ1) is 55.7. The van der Waals surface area contributed by atoms with Gasteiger partial charge in [0.2, 0.25) is 5.89 Å². The largest absolute Gasteiger partial charge is 0.507 e. The molecule has 16 heteroatoms. The average Bonchev–Trinajstić information content (AvgIpc) is 4.60. The van der Waals surface area contributed by atoms with E-state index >= 15 is 0 Å². The number of anilines is 2. The van der Waals surface area contributed by atoms with Crippen molar-refractivity contribution in [1.29, 1.82) is 0 Å². The highest BCUT2D eigenvalue weighted by molar-refractivity contribution is 7.21. The number of phenolic OH excluding ortho intramolecular Hbond substituents is 4. The van der Waals surface area contributed by atoms with Crippen LogP contribution in [0.25, 0.3) is 111 Å². The highest BCUT2D eigenvalue weighted by atomic mass is 32.1. The lowest BCUT2D eigenvalue weighted by molar-refractivity contribution is 0.474. The van der Waals surface area contributed by atoms with Gasteiger partial charge in [0.1, 0.15) is 51.0 Å². The number of nitrogens with one attached hydrogen (secondary N) is 3. The number of para-hydroxylation sites is 13. The average molecular weight is 1140 g/mol. The van der Waals surface area contributed by atoms with Gasteiger partial charge in [0, 0.05) is 36.1 Å². The van der Waals surface area contributed by atoms with Crippen LogP contribution in [0.2, 0.25) is 0 Å². The van der Waals surface area contributed by atoms with Crippen LogP contribution in [-0.2, 0) is 0 Å². The number of benzene rings is 10. The molecule has 5 heterocycles. The van der Waals surface area contributed by atoms with Gasteiger partial charge >= 0.3 is 0 Å². The Morgan fingerprint density at radius 3 is 1.32 bits per heavy atom. The number of rotatable bonds is 8. The highest BCUT2D eigenvalue weighted by Gasteiger charge is 2.15. The van der Waals surface area contributed by atoms with E-state index in [9.17, 15) is 20.4 Å². The molecule has 0 aliphatic heterocycles. The summed E-state index contributed by atoms with van der Waals surface area (Å²) in [5.41, 5.74) is 19.7. The standard InChI is InChI=1S/C17H19N3O.C13H11N3.C13H10N2O.C13H9NO2.C13H9NOS/c1-3-20(4-2)12-9-10-13(16(21)11-12)17-18-14-7-5-6-8-15(14)19-17;14-10-6-2-1-5-9(10)13-15-11-7-3-4-8-12(11)16-13;16-12-8-4-1-5-9(12)13-14-10-6-2-3-7-11(10)15-13;2*15-11-7-3-1-5-9(11)13-14-10-6-2-4-8-12(10)16-13/h5-11,21H,3-4H2,1-2H3,(H,18,19);1-8H,14H2,(H,15,16);1-8,16H,(H,14,15);2*1-8,15H. The van der Waals surface area contributed by atoms with E-state index in [-0.39, 0.29) is 23.0 Å². The molecule has 0 aliphatic rings. The van der Waals surface area contributed by atoms with E-state index in [2.05, 4.69) is 58.6 Å². The molecule has 15 rings (SSSR count). The van der Waals surface area contributed by atoms with Gasteiger partial charge in [0.05, 0.1) is 65.6 Å². The Bertz CT molecular complexity index is 4090. The molecule has 9 N–H and O–H groups in total. The number of nitrogen functional groups attached to an aromatic ring is 1. The van der Waals surface area contributed by atoms with Crippen LogP contribution in [0.3, 0.4) is 0 Å². The zero-order valence-corrected chi connectivity index (χ0v) is 47.1. The summed E-state index contributed by atoms with van der Waals surface area (Å²) >= 11 is 1.59. The van der Waals surface area contributed by atoms with E-state index in [4.69, 9.17) is 10.2 Å². The van der Waals surface area contributed by atoms with Gasteiger partial charge in [-0.15, -0.1) is 11.3 Å². The highest BCUT2D eigenvalue weighted by Crippen LogP contribution is 2.36. The Labute approximate surface area is 492 Å². The normalized spacial score (nSPS) is 10.8. The number of aromatic amines is 3. The third-order valence-corrected chi connectivity index (χ3v) is 14.8. The molecule has 0 amide bonds. The number of aromatic hydroxyl groups is 4. The third-order valence-electron chi connectivity index (χ3n) is 13.8. The fraction of sp³-hybridized carbons (Fsp3) is 0.0580. The van der Waals surface area contributed by atoms with Crippen molar-refractivity contribution in [3.8, 4) is 79.2 Å². The summed E-state index contributed by atoms with van der Waals surface area (Å²) in [4.78, 5) is 34.2. The molecule has 0 fully saturated rings. The van der Waals surface area contributed by atoms with Crippen LogP contribution in [0.15, 0.2) is 241 Å². The van der Waals surface area contributed by atoms with Crippen molar-refractivity contribution in [1.82, 2.24) is 39.9 Å². The van der Waals surface area contributed by atoms with E-state index in [0.717, 1.165) is 112 Å². The molecule has 85 heavy (non-hydrogen) atoms. The predicted octanol–water partition coefficient (Wildman–Crippen LogP) is 16.4. The number of phenols is 4. The Morgan fingerprint density at radius 1 is 0.400 bits per heavy atom. The number of imidazole rings is 3. The molecular weight excluding hydrogens is 1080 g/mol. The topological polar surface area (TPSA) is 235 Å². The molecule has 0 spiro atoms. The minimum absolute atomic E-state index is 0.175. The molecule has 15 nitrogen and oxygen atoms in total. The maximum Gasteiger partial charge on any atom is 0.231 e. The SMILES string of the molecule is CCN(CC)c1ccc(-c2nc3ccccc3[nH]2)c(O)c1.Nc1ccccc1-c1nc2ccccc2[nH]1.Oc1ccccc1-c1nc2ccccc2[nH]1.Oc1ccccc1-c1nc2ccccc2o1.Oc1ccccc1-c1nc2ccccc2s1. The summed E-state index contributed by atoms with van der Waals surface area (Å²) in [6.07, 6.45) is 0. The molecule has 0 atom stereocenters. The van der Waals surface area contributed by atoms with Crippen LogP contribution >= 0.6 is 11.3 Å². The lowest BCUT2D eigenvalue weighted by atomic mass is 10.1. The molecular formula is C69H58N10O5S. The molecule has 0 bridgehead atoms. The number of nitrogens with zero attached hydrogens (tertiary/aromatic N) is 6. The van der Waals surface area contributed by atoms with Gasteiger partial charge in [0.15, 0.2) is 5.58 Å². The van der Waals surface area contributed by atoms with Crippen molar-refractivity contribution in [2.75, 3.05) is 23.7 Å². The number of hydrogen-bond acceptors (Lipinski definition) is 13. The fourth-order valence-corrected chi connectivity index (χ4v) is 10.4. The molecule has 15 aromatic rings. The van der Waals surface area contributed by atoms with Crippen LogP contribution in [0, 0.1) is 0 Å². The summed E-state index contributed by atoms with van der Waals surface area (Å²) in [7, 11) is 0. The summed E-state index contributed by atoms with van der Waals surface area (Å²) < 4.78 is 6.70. The lowest BCUT2D eigenvalue weighted by Crippen LogP contribution is -2.21. The van der Waals surface area contributed by atoms with E-state index in [1.165, 1.54) is 0 Å². The molecule has 0 radical (unpaired) electrons. The first-order valence-electron chi connectivity index (χ1n) is 27.4. The molecule has 0 saturated heterocycles. The van der Waals surface area contributed by atoms with Gasteiger partial charge in [-0.05, 0) is 135 Å². The van der Waals surface area contributed by atoms with E-state index in [1.807, 2.05) is 194 Å². The number of aromatic nitrogens is 8. The molecule has 0 unspecified atom stereocenters. The number of H-pyrrole nitrogens is 3. The minimum Gasteiger partial charge on any atom is -0.507 e. The van der Waals surface area contributed by atoms with Crippen molar-refractivity contribution < 1.29 is 24.8 Å². The maximum absolute atomic E-state index is 10.3. The minimum atomic E-state index is 0.175. The van der Waals surface area contributed by atoms with Crippen molar-refractivity contribution in [2.45, 2.75) is 13.8 Å². The zero-order valence-electron chi connectivity index (χ0n) is 46.3. The van der Waals surface area contributed by atoms with Gasteiger partial charge < -0.3 is 50.4 Å². The van der Waals surface area contributed by atoms with Crippen LogP contribution in [-0.4, -0.2) is 73.4 Å². The zero-order chi connectivity index (χ0) is 58.7. The van der Waals surface area contributed by atoms with Crippen LogP contribution in [0.1, 0.15) is 13.8 Å². The van der Waals surface area contributed by atoms with Crippen LogP contribution in [0.4, 0.5) is 11.4 Å². The van der Waals surface area contributed by atoms with Crippen molar-refractivity contribution in [3.63, 3.8) is 0 Å². The second kappa shape index (κ2) is 25.7. The van der Waals surface area contributed by atoms with Gasteiger partial charge in [-0.3, -0.25) is 0 Å². The van der Waals surface area contributed by atoms with Crippen molar-refractivity contribution in [2.24, 2.45) is 0 Å². The van der Waals surface area contributed by atoms with Crippen LogP contribution < -0.4 is 10.6 Å². The second-order valence-corrected chi connectivity index (χ2v) is 20.3. The summed E-state index contributed by atoms with van der Waals surface area (Å²) in [5.74, 6) is 3.59. The summed E-state index contributed by atoms with van der Waals surface area (Å²) in [5, 5.41) is 40.4. The maximum atomic E-state index is 10.3. The summed E-state index contributed by atoms with van der Waals surface area (Å²) in [6.45, 7) is 6.04. The fourth-order valence-electron chi connectivity index (χ4n) is 9.42. The van der Waals surface area contributed by atoms with E-state index in [1.54, 1.807) is 53.8 Å². The lowest BCUT2D eigenvalue weighted by Gasteiger charge is -2.21. The quantitative estimate of drug-likeness (QED) is 0.0664. The van der Waals surface area contributed by atoms with Crippen molar-refractivity contribution >= 4 is 77.1 Å². The Morgan fingerprint density at radius 2 is 0.824 bits per heavy atom. The predicted molar refractivity (Wildman–Crippen MR) is 344 cm³/mol. The Kier molecular flexibility index (Phi) is 16.8. The number of nitrogens with two attached hydrogens (primary N) is 1. The molecule has 0 saturated carbocycles. The molecule has 5 aromatic heterocycles. The molecule has 0 aliphatic carbocycles. The monoisotopic (exact) mass is 1140 g/mol. The first-order valence-corrected chi connectivity index (χ1v) is 28.3. The molecule has 10 aromatic carbocycles. The van der Waals surface area contributed by atoms with Gasteiger partial charge in [-0.2, -0.15) is 0 Å². The van der Waals surface area contributed by atoms with E-state index < -0.39 is 0 Å². The Hall–Kier alpha value is -11.2. The number of hydrogen-bond donors (Lipinski definition) is 8. The van der Waals surface area contributed by atoms with E-state index in [0.29, 0.717) is 23.1 Å². The third kappa shape index (κ3) is 12.8. The Balaban J connectivity index is 0.000000111. The van der Waals surface area contributed by atoms with Gasteiger partial charge in [-0.25, -0.2) is 24.9 Å². The van der Waals surface area contributed by atoms with Gasteiger partial charge in [-0.1, -0.05) is 109 Å². The van der Waals surface area contributed by atoms with Gasteiger partial charge in [0.25, 0.3) is 0 Å². The van der Waals surface area contributed by atoms with Crippen molar-refractivity contribution in [3.05, 3.63) is 237 Å². The second-order valence-electron chi connectivity index (χ2n) is 19.3. The number of thiazole rings is 1. The smallest absolute Gasteiger partial charge is 0.231 e.